The van der Waals surface area contributed by atoms with Crippen LogP contribution in [0.1, 0.15) is 24.0 Å². The third kappa shape index (κ3) is 4.90. The summed E-state index contributed by atoms with van der Waals surface area (Å²) in [4.78, 5) is 0. The monoisotopic (exact) mass is 311 g/mol. The summed E-state index contributed by atoms with van der Waals surface area (Å²) in [5.74, 6) is 0.387. The van der Waals surface area contributed by atoms with Crippen molar-refractivity contribution in [2.24, 2.45) is 11.7 Å². The maximum atomic E-state index is 6.13. The Morgan fingerprint density at radius 3 is 2.09 bits per heavy atom. The smallest absolute Gasteiger partial charge is 0.0720 e. The number of hydrogen-bond acceptors (Lipinski definition) is 3. The van der Waals surface area contributed by atoms with Crippen LogP contribution in [-0.4, -0.2) is 18.8 Å². The SMILES string of the molecule is N[C@H]1CC(OCc2ccccc2)[C@@H](COCc2ccccc2)C1. The highest BCUT2D eigenvalue weighted by Crippen LogP contribution is 2.29. The van der Waals surface area contributed by atoms with Crippen molar-refractivity contribution in [3.05, 3.63) is 71.8 Å². The van der Waals surface area contributed by atoms with Crippen LogP contribution in [0.15, 0.2) is 60.7 Å². The predicted molar refractivity (Wildman–Crippen MR) is 91.8 cm³/mol. The van der Waals surface area contributed by atoms with E-state index in [1.54, 1.807) is 0 Å². The van der Waals surface area contributed by atoms with Gasteiger partial charge >= 0.3 is 0 Å². The van der Waals surface area contributed by atoms with E-state index in [0.717, 1.165) is 12.8 Å². The van der Waals surface area contributed by atoms with Crippen LogP contribution in [0.2, 0.25) is 0 Å². The fourth-order valence-corrected chi connectivity index (χ4v) is 3.19. The molecule has 0 amide bonds. The number of nitrogens with two attached hydrogens (primary N) is 1. The largest absolute Gasteiger partial charge is 0.376 e. The minimum atomic E-state index is 0.195. The first-order valence-electron chi connectivity index (χ1n) is 8.34. The van der Waals surface area contributed by atoms with E-state index >= 15 is 0 Å². The lowest BCUT2D eigenvalue weighted by molar-refractivity contribution is -0.0188. The second-order valence-electron chi connectivity index (χ2n) is 6.33. The zero-order valence-corrected chi connectivity index (χ0v) is 13.4. The van der Waals surface area contributed by atoms with Gasteiger partial charge in [-0.2, -0.15) is 0 Å². The van der Waals surface area contributed by atoms with Gasteiger partial charge < -0.3 is 15.2 Å². The van der Waals surface area contributed by atoms with Crippen molar-refractivity contribution in [1.82, 2.24) is 0 Å². The molecule has 122 valence electrons. The first-order chi connectivity index (χ1) is 11.3. The highest BCUT2D eigenvalue weighted by molar-refractivity contribution is 5.14. The molecule has 0 aromatic heterocycles. The first-order valence-corrected chi connectivity index (χ1v) is 8.34. The summed E-state index contributed by atoms with van der Waals surface area (Å²) in [6.07, 6.45) is 2.10. The average Bonchev–Trinajstić information content (AvgIpc) is 2.95. The highest BCUT2D eigenvalue weighted by atomic mass is 16.5. The van der Waals surface area contributed by atoms with Gasteiger partial charge in [-0.25, -0.2) is 0 Å². The second-order valence-corrected chi connectivity index (χ2v) is 6.33. The Morgan fingerprint density at radius 1 is 0.826 bits per heavy atom. The van der Waals surface area contributed by atoms with Crippen LogP contribution in [0.25, 0.3) is 0 Å². The summed E-state index contributed by atoms with van der Waals surface area (Å²) < 4.78 is 12.0. The second kappa shape index (κ2) is 8.25. The van der Waals surface area contributed by atoms with E-state index in [2.05, 4.69) is 24.3 Å². The first kappa shape index (κ1) is 16.2. The topological polar surface area (TPSA) is 44.5 Å². The van der Waals surface area contributed by atoms with E-state index in [0.29, 0.717) is 25.7 Å². The van der Waals surface area contributed by atoms with Crippen LogP contribution in [-0.2, 0) is 22.7 Å². The van der Waals surface area contributed by atoms with Crippen molar-refractivity contribution in [2.75, 3.05) is 6.61 Å². The number of hydrogen-bond donors (Lipinski definition) is 1. The number of ether oxygens (including phenoxy) is 2. The zero-order chi connectivity index (χ0) is 15.9. The molecule has 2 N–H and O–H groups in total. The van der Waals surface area contributed by atoms with Gasteiger partial charge in [-0.15, -0.1) is 0 Å². The molecule has 0 saturated heterocycles. The van der Waals surface area contributed by atoms with Crippen LogP contribution in [0.4, 0.5) is 0 Å². The van der Waals surface area contributed by atoms with E-state index in [1.807, 2.05) is 36.4 Å². The fourth-order valence-electron chi connectivity index (χ4n) is 3.19. The Morgan fingerprint density at radius 2 is 1.43 bits per heavy atom. The predicted octanol–water partition coefficient (Wildman–Crippen LogP) is 3.53. The summed E-state index contributed by atoms with van der Waals surface area (Å²) in [6.45, 7) is 2.01. The molecule has 0 aliphatic heterocycles. The van der Waals surface area contributed by atoms with E-state index < -0.39 is 0 Å². The Balaban J connectivity index is 1.47. The van der Waals surface area contributed by atoms with Crippen molar-refractivity contribution in [1.29, 1.82) is 0 Å². The lowest BCUT2D eigenvalue weighted by Crippen LogP contribution is -2.22. The summed E-state index contributed by atoms with van der Waals surface area (Å²) in [7, 11) is 0. The van der Waals surface area contributed by atoms with Gasteiger partial charge in [0.1, 0.15) is 0 Å². The van der Waals surface area contributed by atoms with Gasteiger partial charge in [-0.05, 0) is 24.0 Å². The van der Waals surface area contributed by atoms with Crippen LogP contribution < -0.4 is 5.73 Å². The van der Waals surface area contributed by atoms with Gasteiger partial charge in [0.25, 0.3) is 0 Å². The summed E-state index contributed by atoms with van der Waals surface area (Å²) in [5, 5.41) is 0. The minimum absolute atomic E-state index is 0.195. The van der Waals surface area contributed by atoms with Crippen LogP contribution in [0.3, 0.4) is 0 Å². The number of rotatable bonds is 7. The molecule has 3 rings (SSSR count). The average molecular weight is 311 g/mol. The maximum Gasteiger partial charge on any atom is 0.0720 e. The van der Waals surface area contributed by atoms with E-state index in [9.17, 15) is 0 Å². The Hall–Kier alpha value is -1.68. The molecule has 2 aromatic rings. The van der Waals surface area contributed by atoms with Gasteiger partial charge in [0, 0.05) is 12.0 Å². The maximum absolute atomic E-state index is 6.13. The Labute approximate surface area is 138 Å². The quantitative estimate of drug-likeness (QED) is 0.851. The summed E-state index contributed by atoms with van der Waals surface area (Å²) in [5.41, 5.74) is 8.54. The van der Waals surface area contributed by atoms with Crippen molar-refractivity contribution < 1.29 is 9.47 Å². The van der Waals surface area contributed by atoms with Crippen LogP contribution >= 0.6 is 0 Å². The molecule has 1 aliphatic rings. The van der Waals surface area contributed by atoms with E-state index in [-0.39, 0.29) is 12.1 Å². The van der Waals surface area contributed by atoms with Crippen LogP contribution in [0, 0.1) is 5.92 Å². The molecule has 1 saturated carbocycles. The Bertz CT molecular complexity index is 573. The molecule has 3 atom stereocenters. The van der Waals surface area contributed by atoms with Gasteiger partial charge in [0.15, 0.2) is 0 Å². The normalized spacial score (nSPS) is 24.0. The van der Waals surface area contributed by atoms with Gasteiger partial charge in [-0.1, -0.05) is 60.7 Å². The Kier molecular flexibility index (Phi) is 5.81. The molecule has 0 bridgehead atoms. The number of benzene rings is 2. The molecular weight excluding hydrogens is 286 g/mol. The van der Waals surface area contributed by atoms with Crippen LogP contribution in [0.5, 0.6) is 0 Å². The van der Waals surface area contributed by atoms with Gasteiger partial charge in [0.2, 0.25) is 0 Å². The third-order valence-electron chi connectivity index (χ3n) is 4.42. The molecule has 23 heavy (non-hydrogen) atoms. The molecule has 3 nitrogen and oxygen atoms in total. The van der Waals surface area contributed by atoms with Crippen molar-refractivity contribution >= 4 is 0 Å². The molecular formula is C20H25NO2. The van der Waals surface area contributed by atoms with E-state index in [1.165, 1.54) is 11.1 Å². The lowest BCUT2D eigenvalue weighted by Gasteiger charge is -2.20. The van der Waals surface area contributed by atoms with E-state index in [4.69, 9.17) is 15.2 Å². The minimum Gasteiger partial charge on any atom is -0.376 e. The molecule has 0 spiro atoms. The molecule has 1 unspecified atom stereocenters. The van der Waals surface area contributed by atoms with Gasteiger partial charge in [-0.3, -0.25) is 0 Å². The molecule has 3 heteroatoms. The van der Waals surface area contributed by atoms with Crippen molar-refractivity contribution in [3.63, 3.8) is 0 Å². The summed E-state index contributed by atoms with van der Waals surface area (Å²) >= 11 is 0. The highest BCUT2D eigenvalue weighted by Gasteiger charge is 2.33. The standard InChI is InChI=1S/C20H25NO2/c21-19-11-18(15-22-13-16-7-3-1-4-8-16)20(12-19)23-14-17-9-5-2-6-10-17/h1-10,18-20H,11-15,21H2/t18-,19-,20?/m1/s1. The van der Waals surface area contributed by atoms with Gasteiger partial charge in [0.05, 0.1) is 25.9 Å². The molecule has 0 radical (unpaired) electrons. The molecule has 2 aromatic carbocycles. The molecule has 1 fully saturated rings. The molecule has 1 aliphatic carbocycles. The fraction of sp³-hybridized carbons (Fsp3) is 0.400. The zero-order valence-electron chi connectivity index (χ0n) is 13.4. The van der Waals surface area contributed by atoms with Crippen molar-refractivity contribution in [3.8, 4) is 0 Å². The third-order valence-corrected chi connectivity index (χ3v) is 4.42. The lowest BCUT2D eigenvalue weighted by atomic mass is 10.1. The molecule has 0 heterocycles. The summed E-state index contributed by atoms with van der Waals surface area (Å²) in [6, 6.07) is 20.8. The van der Waals surface area contributed by atoms with Crippen molar-refractivity contribution in [2.45, 2.75) is 38.2 Å².